The van der Waals surface area contributed by atoms with Gasteiger partial charge in [0.15, 0.2) is 11.6 Å². The maximum atomic E-state index is 4.83. The molecular formula is C25H23N5. The van der Waals surface area contributed by atoms with E-state index in [1.165, 1.54) is 11.1 Å². The van der Waals surface area contributed by atoms with Crippen LogP contribution in [0.15, 0.2) is 73.1 Å². The van der Waals surface area contributed by atoms with Gasteiger partial charge in [0, 0.05) is 66.4 Å². The maximum Gasteiger partial charge on any atom is 0.159 e. The van der Waals surface area contributed by atoms with E-state index in [2.05, 4.69) is 33.9 Å². The van der Waals surface area contributed by atoms with Crippen molar-refractivity contribution in [3.05, 3.63) is 95.6 Å². The first-order valence-corrected chi connectivity index (χ1v) is 10.3. The molecule has 0 aliphatic carbocycles. The molecule has 0 saturated heterocycles. The highest BCUT2D eigenvalue weighted by Crippen LogP contribution is 2.23. The lowest BCUT2D eigenvalue weighted by Gasteiger charge is -2.28. The third-order valence-electron chi connectivity index (χ3n) is 5.55. The average Bonchev–Trinajstić information content (AvgIpc) is 2.81. The Morgan fingerprint density at radius 1 is 0.800 bits per heavy atom. The fourth-order valence-corrected chi connectivity index (χ4v) is 3.85. The van der Waals surface area contributed by atoms with E-state index in [9.17, 15) is 0 Å². The summed E-state index contributed by atoms with van der Waals surface area (Å²) in [5.41, 5.74) is 6.68. The fraction of sp³-hybridized carbons (Fsp3) is 0.200. The highest BCUT2D eigenvalue weighted by atomic mass is 15.1. The number of hydrogen-bond donors (Lipinski definition) is 0. The number of fused-ring (bicyclic) bond motifs is 1. The summed E-state index contributed by atoms with van der Waals surface area (Å²) in [4.78, 5) is 21.2. The van der Waals surface area contributed by atoms with Crippen molar-refractivity contribution in [3.63, 3.8) is 0 Å². The zero-order valence-corrected chi connectivity index (χ0v) is 17.0. The van der Waals surface area contributed by atoms with Crippen LogP contribution in [0, 0.1) is 6.92 Å². The second kappa shape index (κ2) is 8.13. The lowest BCUT2D eigenvalue weighted by atomic mass is 10.1. The minimum absolute atomic E-state index is 0.780. The Balaban J connectivity index is 1.31. The molecule has 1 aliphatic heterocycles. The van der Waals surface area contributed by atoms with Crippen LogP contribution < -0.4 is 0 Å². The van der Waals surface area contributed by atoms with E-state index in [0.29, 0.717) is 0 Å². The Labute approximate surface area is 176 Å². The van der Waals surface area contributed by atoms with Crippen molar-refractivity contribution in [1.82, 2.24) is 24.8 Å². The molecule has 0 spiro atoms. The molecule has 5 rings (SSSR count). The summed E-state index contributed by atoms with van der Waals surface area (Å²) in [6.07, 6.45) is 4.88. The molecule has 3 heterocycles. The van der Waals surface area contributed by atoms with E-state index >= 15 is 0 Å². The van der Waals surface area contributed by atoms with Gasteiger partial charge >= 0.3 is 0 Å². The molecule has 0 bridgehead atoms. The van der Waals surface area contributed by atoms with Crippen LogP contribution >= 0.6 is 0 Å². The molecule has 2 aromatic carbocycles. The van der Waals surface area contributed by atoms with Crippen molar-refractivity contribution in [3.8, 4) is 22.8 Å². The van der Waals surface area contributed by atoms with Crippen LogP contribution in [0.1, 0.15) is 22.5 Å². The van der Waals surface area contributed by atoms with Gasteiger partial charge in [-0.05, 0) is 6.92 Å². The van der Waals surface area contributed by atoms with Crippen LogP contribution in [0.3, 0.4) is 0 Å². The molecule has 0 unspecified atom stereocenters. The SMILES string of the molecule is Cc1nc(-c2ccccc2)ncc1CN1CCc2nc(-c3ccccc3)ncc2C1. The van der Waals surface area contributed by atoms with Gasteiger partial charge in [0.05, 0.1) is 5.69 Å². The normalized spacial score (nSPS) is 13.8. The first-order valence-electron chi connectivity index (χ1n) is 10.3. The Morgan fingerprint density at radius 2 is 1.43 bits per heavy atom. The van der Waals surface area contributed by atoms with Crippen molar-refractivity contribution in [2.75, 3.05) is 6.54 Å². The Morgan fingerprint density at radius 3 is 2.10 bits per heavy atom. The molecule has 5 nitrogen and oxygen atoms in total. The summed E-state index contributed by atoms with van der Waals surface area (Å²) in [7, 11) is 0. The molecular weight excluding hydrogens is 370 g/mol. The minimum Gasteiger partial charge on any atom is -0.294 e. The molecule has 30 heavy (non-hydrogen) atoms. The fourth-order valence-electron chi connectivity index (χ4n) is 3.85. The first-order chi connectivity index (χ1) is 14.8. The topological polar surface area (TPSA) is 54.8 Å². The third-order valence-corrected chi connectivity index (χ3v) is 5.55. The Hall–Kier alpha value is -3.44. The van der Waals surface area contributed by atoms with Crippen molar-refractivity contribution in [1.29, 1.82) is 0 Å². The smallest absolute Gasteiger partial charge is 0.159 e. The second-order valence-electron chi connectivity index (χ2n) is 7.66. The number of aryl methyl sites for hydroxylation is 1. The van der Waals surface area contributed by atoms with Crippen molar-refractivity contribution in [2.24, 2.45) is 0 Å². The van der Waals surface area contributed by atoms with Crippen molar-refractivity contribution in [2.45, 2.75) is 26.4 Å². The number of aromatic nitrogens is 4. The zero-order valence-electron chi connectivity index (χ0n) is 17.0. The lowest BCUT2D eigenvalue weighted by molar-refractivity contribution is 0.242. The van der Waals surface area contributed by atoms with Crippen LogP contribution in [-0.4, -0.2) is 31.4 Å². The highest BCUT2D eigenvalue weighted by Gasteiger charge is 2.20. The zero-order chi connectivity index (χ0) is 20.3. The van der Waals surface area contributed by atoms with E-state index in [1.807, 2.05) is 60.9 Å². The minimum atomic E-state index is 0.780. The molecule has 0 saturated carbocycles. The van der Waals surface area contributed by atoms with E-state index < -0.39 is 0 Å². The molecule has 1 aliphatic rings. The molecule has 4 aromatic rings. The summed E-state index contributed by atoms with van der Waals surface area (Å²) in [6, 6.07) is 20.3. The summed E-state index contributed by atoms with van der Waals surface area (Å²) in [5, 5.41) is 0. The molecule has 0 N–H and O–H groups in total. The largest absolute Gasteiger partial charge is 0.294 e. The van der Waals surface area contributed by atoms with E-state index in [1.54, 1.807) is 0 Å². The predicted octanol–water partition coefficient (Wildman–Crippen LogP) is 4.47. The van der Waals surface area contributed by atoms with Gasteiger partial charge in [-0.2, -0.15) is 0 Å². The molecule has 2 aromatic heterocycles. The number of rotatable bonds is 4. The molecule has 0 atom stereocenters. The van der Waals surface area contributed by atoms with Gasteiger partial charge in [-0.1, -0.05) is 60.7 Å². The van der Waals surface area contributed by atoms with Gasteiger partial charge in [-0.3, -0.25) is 4.90 Å². The quantitative estimate of drug-likeness (QED) is 0.512. The van der Waals surface area contributed by atoms with Gasteiger partial charge in [0.25, 0.3) is 0 Å². The molecule has 148 valence electrons. The maximum absolute atomic E-state index is 4.83. The van der Waals surface area contributed by atoms with Crippen LogP contribution in [0.4, 0.5) is 0 Å². The van der Waals surface area contributed by atoms with Gasteiger partial charge in [0.2, 0.25) is 0 Å². The summed E-state index contributed by atoms with van der Waals surface area (Å²) in [5.74, 6) is 1.59. The predicted molar refractivity (Wildman–Crippen MR) is 117 cm³/mol. The standard InChI is InChI=1S/C25H23N5/c1-18-21(14-26-24(28-18)19-8-4-2-5-9-19)16-30-13-12-23-22(17-30)15-27-25(29-23)20-10-6-3-7-11-20/h2-11,14-15H,12-13,16-17H2,1H3. The molecule has 0 amide bonds. The second-order valence-corrected chi connectivity index (χ2v) is 7.66. The van der Waals surface area contributed by atoms with Gasteiger partial charge in [0.1, 0.15) is 0 Å². The van der Waals surface area contributed by atoms with Crippen molar-refractivity contribution >= 4 is 0 Å². The van der Waals surface area contributed by atoms with E-state index in [4.69, 9.17) is 9.97 Å². The first kappa shape index (κ1) is 18.6. The van der Waals surface area contributed by atoms with Gasteiger partial charge < -0.3 is 0 Å². The molecule has 0 fully saturated rings. The highest BCUT2D eigenvalue weighted by molar-refractivity contribution is 5.55. The van der Waals surface area contributed by atoms with Gasteiger partial charge in [-0.15, -0.1) is 0 Å². The van der Waals surface area contributed by atoms with Crippen LogP contribution in [0.25, 0.3) is 22.8 Å². The molecule has 0 radical (unpaired) electrons. The summed E-state index contributed by atoms with van der Waals surface area (Å²) >= 11 is 0. The molecule has 5 heteroatoms. The number of benzene rings is 2. The van der Waals surface area contributed by atoms with Crippen molar-refractivity contribution < 1.29 is 0 Å². The third kappa shape index (κ3) is 3.84. The van der Waals surface area contributed by atoms with Crippen LogP contribution in [0.2, 0.25) is 0 Å². The lowest BCUT2D eigenvalue weighted by Crippen LogP contribution is -2.31. The Bertz CT molecular complexity index is 1160. The van der Waals surface area contributed by atoms with E-state index in [-0.39, 0.29) is 0 Å². The number of hydrogen-bond acceptors (Lipinski definition) is 5. The average molecular weight is 393 g/mol. The van der Waals surface area contributed by atoms with Crippen LogP contribution in [0.5, 0.6) is 0 Å². The van der Waals surface area contributed by atoms with Crippen LogP contribution in [-0.2, 0) is 19.5 Å². The van der Waals surface area contributed by atoms with Gasteiger partial charge in [-0.25, -0.2) is 19.9 Å². The number of nitrogens with zero attached hydrogens (tertiary/aromatic N) is 5. The summed E-state index contributed by atoms with van der Waals surface area (Å²) < 4.78 is 0. The summed E-state index contributed by atoms with van der Waals surface area (Å²) in [6.45, 7) is 4.72. The Kier molecular flexibility index (Phi) is 5.03. The van der Waals surface area contributed by atoms with E-state index in [0.717, 1.165) is 60.2 Å². The monoisotopic (exact) mass is 393 g/mol.